The summed E-state index contributed by atoms with van der Waals surface area (Å²) in [6.07, 6.45) is 2.61. The lowest BCUT2D eigenvalue weighted by molar-refractivity contribution is 0.153. The van der Waals surface area contributed by atoms with E-state index in [4.69, 9.17) is 0 Å². The van der Waals surface area contributed by atoms with Gasteiger partial charge < -0.3 is 10.0 Å². The third-order valence-corrected chi connectivity index (χ3v) is 4.75. The molecule has 1 heterocycles. The Morgan fingerprint density at radius 2 is 2.16 bits per heavy atom. The van der Waals surface area contributed by atoms with Crippen molar-refractivity contribution in [1.82, 2.24) is 4.98 Å². The average molecular weight is 274 g/mol. The van der Waals surface area contributed by atoms with Gasteiger partial charge in [-0.25, -0.2) is 4.98 Å². The molecule has 0 aliphatic heterocycles. The summed E-state index contributed by atoms with van der Waals surface area (Å²) < 4.78 is 0. The number of fused-ring (bicyclic) bond motifs is 1. The maximum atomic E-state index is 9.97. The Kier molecular flexibility index (Phi) is 3.53. The molecule has 0 amide bonds. The van der Waals surface area contributed by atoms with Crippen LogP contribution in [0, 0.1) is 0 Å². The first-order chi connectivity index (χ1) is 9.24. The van der Waals surface area contributed by atoms with E-state index < -0.39 is 0 Å². The van der Waals surface area contributed by atoms with E-state index in [1.807, 2.05) is 6.07 Å². The minimum atomic E-state index is -0.362. The van der Waals surface area contributed by atoms with Crippen LogP contribution < -0.4 is 4.90 Å². The summed E-state index contributed by atoms with van der Waals surface area (Å²) in [6, 6.07) is 10.4. The molecule has 1 aromatic carbocycles. The second-order valence-corrected chi connectivity index (χ2v) is 6.12. The molecule has 19 heavy (non-hydrogen) atoms. The topological polar surface area (TPSA) is 36.4 Å². The van der Waals surface area contributed by atoms with Gasteiger partial charge >= 0.3 is 0 Å². The Morgan fingerprint density at radius 3 is 2.89 bits per heavy atom. The van der Waals surface area contributed by atoms with E-state index in [1.165, 1.54) is 10.4 Å². The number of aliphatic hydroxyl groups excluding tert-OH is 1. The molecule has 1 aliphatic rings. The van der Waals surface area contributed by atoms with Crippen molar-refractivity contribution < 1.29 is 5.11 Å². The van der Waals surface area contributed by atoms with Crippen molar-refractivity contribution in [3.63, 3.8) is 0 Å². The number of rotatable bonds is 3. The highest BCUT2D eigenvalue weighted by atomic mass is 32.1. The van der Waals surface area contributed by atoms with Crippen LogP contribution in [0.2, 0.25) is 0 Å². The third kappa shape index (κ3) is 2.65. The number of aryl methyl sites for hydroxylation is 1. The van der Waals surface area contributed by atoms with Crippen LogP contribution in [0.1, 0.15) is 35.1 Å². The summed E-state index contributed by atoms with van der Waals surface area (Å²) in [5, 5.41) is 11.0. The first-order valence-electron chi connectivity index (χ1n) is 6.67. The Morgan fingerprint density at radius 1 is 1.37 bits per heavy atom. The predicted octanol–water partition coefficient (Wildman–Crippen LogP) is 3.15. The normalized spacial score (nSPS) is 18.1. The van der Waals surface area contributed by atoms with Crippen LogP contribution in [0.25, 0.3) is 0 Å². The van der Waals surface area contributed by atoms with E-state index >= 15 is 0 Å². The molecule has 0 radical (unpaired) electrons. The summed E-state index contributed by atoms with van der Waals surface area (Å²) in [6.45, 7) is 0.851. The third-order valence-electron chi connectivity index (χ3n) is 3.50. The standard InChI is InChI=1S/C15H18N2OS/c1-17(10-11-6-3-2-4-7-11)15-16-14-12(18)8-5-9-13(14)19-15/h2-4,6-7,12,18H,5,8-10H2,1H3. The van der Waals surface area contributed by atoms with Gasteiger partial charge in [-0.05, 0) is 24.8 Å². The van der Waals surface area contributed by atoms with Gasteiger partial charge in [-0.2, -0.15) is 0 Å². The molecule has 0 bridgehead atoms. The number of anilines is 1. The molecular formula is C15H18N2OS. The van der Waals surface area contributed by atoms with Gasteiger partial charge in [-0.3, -0.25) is 0 Å². The fraction of sp³-hybridized carbons (Fsp3) is 0.400. The predicted molar refractivity (Wildman–Crippen MR) is 78.6 cm³/mol. The van der Waals surface area contributed by atoms with Crippen molar-refractivity contribution in [2.24, 2.45) is 0 Å². The molecule has 1 unspecified atom stereocenters. The molecule has 1 aromatic heterocycles. The zero-order valence-corrected chi connectivity index (χ0v) is 11.9. The van der Waals surface area contributed by atoms with Gasteiger partial charge in [0.1, 0.15) is 0 Å². The van der Waals surface area contributed by atoms with Crippen molar-refractivity contribution in [3.8, 4) is 0 Å². The molecule has 0 saturated heterocycles. The van der Waals surface area contributed by atoms with Gasteiger partial charge in [0, 0.05) is 18.5 Å². The molecule has 3 nitrogen and oxygen atoms in total. The molecule has 0 spiro atoms. The van der Waals surface area contributed by atoms with Gasteiger partial charge in [0.25, 0.3) is 0 Å². The number of aliphatic hydroxyl groups is 1. The van der Waals surface area contributed by atoms with E-state index in [0.717, 1.165) is 36.6 Å². The van der Waals surface area contributed by atoms with Crippen LogP contribution >= 0.6 is 11.3 Å². The molecule has 0 fully saturated rings. The highest BCUT2D eigenvalue weighted by molar-refractivity contribution is 7.15. The minimum Gasteiger partial charge on any atom is -0.387 e. The van der Waals surface area contributed by atoms with E-state index in [2.05, 4.69) is 41.2 Å². The average Bonchev–Trinajstić information content (AvgIpc) is 2.85. The Bertz CT molecular complexity index is 553. The molecule has 3 rings (SSSR count). The summed E-state index contributed by atoms with van der Waals surface area (Å²) in [4.78, 5) is 8.04. The van der Waals surface area contributed by atoms with Crippen LogP contribution in [0.15, 0.2) is 30.3 Å². The van der Waals surface area contributed by atoms with Crippen LogP contribution in [-0.2, 0) is 13.0 Å². The lowest BCUT2D eigenvalue weighted by Crippen LogP contribution is -2.16. The number of thiazole rings is 1. The smallest absolute Gasteiger partial charge is 0.185 e. The lowest BCUT2D eigenvalue weighted by Gasteiger charge is -2.16. The maximum Gasteiger partial charge on any atom is 0.185 e. The summed E-state index contributed by atoms with van der Waals surface area (Å²) >= 11 is 1.72. The van der Waals surface area contributed by atoms with E-state index in [9.17, 15) is 5.11 Å². The summed E-state index contributed by atoms with van der Waals surface area (Å²) in [5.74, 6) is 0. The van der Waals surface area contributed by atoms with Crippen molar-refractivity contribution >= 4 is 16.5 Å². The van der Waals surface area contributed by atoms with Crippen LogP contribution in [0.5, 0.6) is 0 Å². The fourth-order valence-corrected chi connectivity index (χ4v) is 3.59. The zero-order chi connectivity index (χ0) is 13.2. The summed E-state index contributed by atoms with van der Waals surface area (Å²) in [5.41, 5.74) is 2.19. The number of benzene rings is 1. The van der Waals surface area contributed by atoms with Crippen LogP contribution in [-0.4, -0.2) is 17.1 Å². The molecule has 0 saturated carbocycles. The van der Waals surface area contributed by atoms with E-state index in [-0.39, 0.29) is 6.10 Å². The monoisotopic (exact) mass is 274 g/mol. The lowest BCUT2D eigenvalue weighted by atomic mass is 10.0. The number of aromatic nitrogens is 1. The van der Waals surface area contributed by atoms with Gasteiger partial charge in [-0.1, -0.05) is 30.3 Å². The molecule has 1 N–H and O–H groups in total. The minimum absolute atomic E-state index is 0.362. The zero-order valence-electron chi connectivity index (χ0n) is 11.0. The SMILES string of the molecule is CN(Cc1ccccc1)c1nc2c(s1)CCCC2O. The van der Waals surface area contributed by atoms with Crippen LogP contribution in [0.3, 0.4) is 0 Å². The van der Waals surface area contributed by atoms with E-state index in [0.29, 0.717) is 0 Å². The second kappa shape index (κ2) is 5.31. The molecule has 1 aliphatic carbocycles. The highest BCUT2D eigenvalue weighted by Gasteiger charge is 2.23. The van der Waals surface area contributed by atoms with Gasteiger partial charge in [-0.15, -0.1) is 11.3 Å². The van der Waals surface area contributed by atoms with Crippen LogP contribution in [0.4, 0.5) is 5.13 Å². The molecule has 100 valence electrons. The molecule has 4 heteroatoms. The van der Waals surface area contributed by atoms with E-state index in [1.54, 1.807) is 11.3 Å². The van der Waals surface area contributed by atoms with Gasteiger partial charge in [0.2, 0.25) is 0 Å². The highest BCUT2D eigenvalue weighted by Crippen LogP contribution is 2.36. The number of hydrogen-bond acceptors (Lipinski definition) is 4. The first kappa shape index (κ1) is 12.6. The molecule has 1 atom stereocenters. The molecule has 2 aromatic rings. The van der Waals surface area contributed by atoms with Crippen molar-refractivity contribution in [2.45, 2.75) is 31.9 Å². The Labute approximate surface area is 117 Å². The quantitative estimate of drug-likeness (QED) is 0.934. The van der Waals surface area contributed by atoms with Gasteiger partial charge in [0.05, 0.1) is 11.8 Å². The Balaban J connectivity index is 1.79. The van der Waals surface area contributed by atoms with Crippen molar-refractivity contribution in [2.75, 3.05) is 11.9 Å². The number of nitrogens with zero attached hydrogens (tertiary/aromatic N) is 2. The summed E-state index contributed by atoms with van der Waals surface area (Å²) in [7, 11) is 2.06. The largest absolute Gasteiger partial charge is 0.387 e. The fourth-order valence-electron chi connectivity index (χ4n) is 2.47. The first-order valence-corrected chi connectivity index (χ1v) is 7.48. The maximum absolute atomic E-state index is 9.97. The van der Waals surface area contributed by atoms with Gasteiger partial charge in [0.15, 0.2) is 5.13 Å². The second-order valence-electron chi connectivity index (χ2n) is 5.05. The Hall–Kier alpha value is -1.39. The van der Waals surface area contributed by atoms with Crippen molar-refractivity contribution in [3.05, 3.63) is 46.5 Å². The molecular weight excluding hydrogens is 256 g/mol. The van der Waals surface area contributed by atoms with Crippen molar-refractivity contribution in [1.29, 1.82) is 0 Å². The number of hydrogen-bond donors (Lipinski definition) is 1.